The van der Waals surface area contributed by atoms with E-state index in [0.29, 0.717) is 18.0 Å². The summed E-state index contributed by atoms with van der Waals surface area (Å²) in [6, 6.07) is 7.60. The minimum atomic E-state index is -1.05. The molecule has 3 atom stereocenters. The van der Waals surface area contributed by atoms with Crippen LogP contribution in [0.2, 0.25) is 0 Å². The summed E-state index contributed by atoms with van der Waals surface area (Å²) in [7, 11) is 0. The van der Waals surface area contributed by atoms with E-state index in [1.54, 1.807) is 29.2 Å². The van der Waals surface area contributed by atoms with Gasteiger partial charge in [0.05, 0.1) is 0 Å². The number of carbonyl (C=O) groups is 2. The van der Waals surface area contributed by atoms with Gasteiger partial charge in [-0.2, -0.15) is 0 Å². The lowest BCUT2D eigenvalue weighted by atomic mass is 9.94. The molecule has 1 aliphatic rings. The second kappa shape index (κ2) is 6.61. The summed E-state index contributed by atoms with van der Waals surface area (Å²) in [5, 5.41) is 12.0. The predicted octanol–water partition coefficient (Wildman–Crippen LogP) is 2.64. The number of hydrogen-bond donors (Lipinski definition) is 2. The summed E-state index contributed by atoms with van der Waals surface area (Å²) >= 11 is 0. The van der Waals surface area contributed by atoms with Crippen molar-refractivity contribution in [3.8, 4) is 0 Å². The van der Waals surface area contributed by atoms with Gasteiger partial charge in [-0.1, -0.05) is 37.3 Å². The molecule has 0 radical (unpaired) electrons. The highest BCUT2D eigenvalue weighted by molar-refractivity contribution is 5.83. The maximum atomic E-state index is 12.4. The third-order valence-electron chi connectivity index (χ3n) is 4.05. The highest BCUT2D eigenvalue weighted by Gasteiger charge is 2.30. The van der Waals surface area contributed by atoms with Crippen LogP contribution in [-0.4, -0.2) is 34.6 Å². The van der Waals surface area contributed by atoms with Gasteiger partial charge in [-0.15, -0.1) is 0 Å². The number of piperidine rings is 1. The first-order chi connectivity index (χ1) is 9.99. The maximum Gasteiger partial charge on any atom is 0.330 e. The monoisotopic (exact) mass is 290 g/mol. The molecule has 1 aromatic carbocycles. The molecule has 5 nitrogen and oxygen atoms in total. The Balaban J connectivity index is 2.07. The van der Waals surface area contributed by atoms with Crippen molar-refractivity contribution in [2.75, 3.05) is 6.54 Å². The lowest BCUT2D eigenvalue weighted by molar-refractivity contribution is -0.139. The Bertz CT molecular complexity index is 504. The number of urea groups is 1. The van der Waals surface area contributed by atoms with Gasteiger partial charge in [-0.05, 0) is 31.2 Å². The summed E-state index contributed by atoms with van der Waals surface area (Å²) in [6.07, 6.45) is 1.91. The van der Waals surface area contributed by atoms with Crippen molar-refractivity contribution in [2.24, 2.45) is 5.92 Å². The summed E-state index contributed by atoms with van der Waals surface area (Å²) in [5.74, 6) is -0.443. The van der Waals surface area contributed by atoms with Crippen LogP contribution in [0.25, 0.3) is 0 Å². The molecule has 21 heavy (non-hydrogen) atoms. The number of carbonyl (C=O) groups excluding carboxylic acids is 1. The van der Waals surface area contributed by atoms with Crippen molar-refractivity contribution in [1.82, 2.24) is 10.2 Å². The Hall–Kier alpha value is -2.04. The number of carboxylic acid groups (broad SMARTS) is 1. The number of rotatable bonds is 3. The van der Waals surface area contributed by atoms with Crippen LogP contribution in [0.3, 0.4) is 0 Å². The van der Waals surface area contributed by atoms with E-state index in [0.717, 1.165) is 12.8 Å². The van der Waals surface area contributed by atoms with Crippen molar-refractivity contribution >= 4 is 12.0 Å². The van der Waals surface area contributed by atoms with Crippen molar-refractivity contribution in [3.63, 3.8) is 0 Å². The number of benzene rings is 1. The van der Waals surface area contributed by atoms with E-state index < -0.39 is 12.0 Å². The Morgan fingerprint density at radius 3 is 2.52 bits per heavy atom. The van der Waals surface area contributed by atoms with Gasteiger partial charge >= 0.3 is 12.0 Å². The summed E-state index contributed by atoms with van der Waals surface area (Å²) < 4.78 is 0. The number of hydrogen-bond acceptors (Lipinski definition) is 2. The zero-order valence-electron chi connectivity index (χ0n) is 12.5. The van der Waals surface area contributed by atoms with Crippen molar-refractivity contribution in [1.29, 1.82) is 0 Å². The lowest BCUT2D eigenvalue weighted by Crippen LogP contribution is -2.50. The Kier molecular flexibility index (Phi) is 4.83. The fraction of sp³-hybridized carbons (Fsp3) is 0.500. The number of nitrogens with zero attached hydrogens (tertiary/aromatic N) is 1. The van der Waals surface area contributed by atoms with E-state index in [-0.39, 0.29) is 12.1 Å². The SMILES string of the molecule is CC1CCN(C(=O)N[C@@H](C(=O)O)c2ccccc2)C(C)C1. The quantitative estimate of drug-likeness (QED) is 0.899. The second-order valence-corrected chi connectivity index (χ2v) is 5.80. The van der Waals surface area contributed by atoms with E-state index in [9.17, 15) is 14.7 Å². The molecule has 0 aromatic heterocycles. The molecule has 0 saturated carbocycles. The highest BCUT2D eigenvalue weighted by atomic mass is 16.4. The summed E-state index contributed by atoms with van der Waals surface area (Å²) in [6.45, 7) is 4.86. The number of aliphatic carboxylic acids is 1. The van der Waals surface area contributed by atoms with Crippen LogP contribution < -0.4 is 5.32 Å². The molecule has 1 aromatic rings. The molecule has 0 spiro atoms. The molecular weight excluding hydrogens is 268 g/mol. The van der Waals surface area contributed by atoms with Gasteiger partial charge in [0.25, 0.3) is 0 Å². The topological polar surface area (TPSA) is 69.6 Å². The zero-order valence-corrected chi connectivity index (χ0v) is 12.5. The molecular formula is C16H22N2O3. The zero-order chi connectivity index (χ0) is 15.4. The van der Waals surface area contributed by atoms with E-state index >= 15 is 0 Å². The van der Waals surface area contributed by atoms with Gasteiger partial charge in [0.15, 0.2) is 6.04 Å². The van der Waals surface area contributed by atoms with Gasteiger partial charge in [0.2, 0.25) is 0 Å². The average Bonchev–Trinajstić information content (AvgIpc) is 2.45. The number of carboxylic acids is 1. The molecule has 0 bridgehead atoms. The van der Waals surface area contributed by atoms with E-state index in [2.05, 4.69) is 12.2 Å². The van der Waals surface area contributed by atoms with E-state index in [4.69, 9.17) is 0 Å². The number of amides is 2. The largest absolute Gasteiger partial charge is 0.479 e. The highest BCUT2D eigenvalue weighted by Crippen LogP contribution is 2.23. The average molecular weight is 290 g/mol. The van der Waals surface area contributed by atoms with E-state index in [1.807, 2.05) is 13.0 Å². The molecule has 1 fully saturated rings. The lowest BCUT2D eigenvalue weighted by Gasteiger charge is -2.37. The van der Waals surface area contributed by atoms with Gasteiger partial charge in [0, 0.05) is 12.6 Å². The molecule has 0 aliphatic carbocycles. The maximum absolute atomic E-state index is 12.4. The first-order valence-electron chi connectivity index (χ1n) is 7.34. The number of nitrogens with one attached hydrogen (secondary N) is 1. The van der Waals surface area contributed by atoms with Gasteiger partial charge in [-0.25, -0.2) is 9.59 Å². The smallest absolute Gasteiger partial charge is 0.330 e. The molecule has 2 rings (SSSR count). The summed E-state index contributed by atoms with van der Waals surface area (Å²) in [5.41, 5.74) is 0.580. The van der Waals surface area contributed by atoms with Gasteiger partial charge in [0.1, 0.15) is 0 Å². The van der Waals surface area contributed by atoms with Crippen LogP contribution in [0.4, 0.5) is 4.79 Å². The normalized spacial score (nSPS) is 23.4. The number of likely N-dealkylation sites (tertiary alicyclic amines) is 1. The first kappa shape index (κ1) is 15.4. The molecule has 2 unspecified atom stereocenters. The minimum Gasteiger partial charge on any atom is -0.479 e. The minimum absolute atomic E-state index is 0.138. The van der Waals surface area contributed by atoms with Gasteiger partial charge in [-0.3, -0.25) is 0 Å². The molecule has 2 amide bonds. The molecule has 2 N–H and O–H groups in total. The van der Waals surface area contributed by atoms with Crippen LogP contribution in [-0.2, 0) is 4.79 Å². The molecule has 1 saturated heterocycles. The first-order valence-corrected chi connectivity index (χ1v) is 7.34. The van der Waals surface area contributed by atoms with Crippen LogP contribution in [0.5, 0.6) is 0 Å². The van der Waals surface area contributed by atoms with Crippen LogP contribution in [0.15, 0.2) is 30.3 Å². The summed E-state index contributed by atoms with van der Waals surface area (Å²) in [4.78, 5) is 25.5. The molecule has 5 heteroatoms. The fourth-order valence-corrected chi connectivity index (χ4v) is 2.85. The standard InChI is InChI=1S/C16H22N2O3/c1-11-8-9-18(12(2)10-11)16(21)17-14(15(19)20)13-6-4-3-5-7-13/h3-7,11-12,14H,8-10H2,1-2H3,(H,17,21)(H,19,20)/t11?,12?,14-/m1/s1. The molecule has 114 valence electrons. The molecule has 1 aliphatic heterocycles. The second-order valence-electron chi connectivity index (χ2n) is 5.80. The van der Waals surface area contributed by atoms with E-state index in [1.165, 1.54) is 0 Å². The third kappa shape index (κ3) is 3.74. The van der Waals surface area contributed by atoms with Crippen LogP contribution in [0.1, 0.15) is 38.3 Å². The predicted molar refractivity (Wildman–Crippen MR) is 79.9 cm³/mol. The van der Waals surface area contributed by atoms with Gasteiger partial charge < -0.3 is 15.3 Å². The van der Waals surface area contributed by atoms with Crippen molar-refractivity contribution in [2.45, 2.75) is 38.8 Å². The van der Waals surface area contributed by atoms with Crippen LogP contribution >= 0.6 is 0 Å². The Morgan fingerprint density at radius 1 is 1.29 bits per heavy atom. The third-order valence-corrected chi connectivity index (χ3v) is 4.05. The Labute approximate surface area is 125 Å². The fourth-order valence-electron chi connectivity index (χ4n) is 2.85. The Morgan fingerprint density at radius 2 is 1.95 bits per heavy atom. The van der Waals surface area contributed by atoms with Crippen molar-refractivity contribution in [3.05, 3.63) is 35.9 Å². The van der Waals surface area contributed by atoms with Crippen molar-refractivity contribution < 1.29 is 14.7 Å². The molecule has 1 heterocycles. The van der Waals surface area contributed by atoms with Crippen LogP contribution in [0, 0.1) is 5.92 Å².